The topological polar surface area (TPSA) is 90.4 Å². The number of nitrogens with two attached hydrogens (primary N) is 2. The van der Waals surface area contributed by atoms with Crippen molar-refractivity contribution in [2.24, 2.45) is 17.4 Å². The lowest BCUT2D eigenvalue weighted by molar-refractivity contribution is 0.0408. The largest absolute Gasteiger partial charge is 0.444 e. The van der Waals surface area contributed by atoms with Crippen LogP contribution < -0.4 is 16.8 Å². The molecule has 0 fully saturated rings. The molecule has 5 N–H and O–H groups in total. The van der Waals surface area contributed by atoms with E-state index in [0.29, 0.717) is 19.4 Å². The molecule has 1 amide bonds. The molecule has 108 valence electrons. The number of hydrogen-bond donors (Lipinski definition) is 3. The van der Waals surface area contributed by atoms with Crippen molar-refractivity contribution in [3.8, 4) is 0 Å². The molecule has 0 radical (unpaired) electrons. The van der Waals surface area contributed by atoms with Crippen molar-refractivity contribution >= 4 is 6.09 Å². The third-order valence-corrected chi connectivity index (χ3v) is 2.56. The zero-order valence-corrected chi connectivity index (χ0v) is 11.8. The van der Waals surface area contributed by atoms with Crippen molar-refractivity contribution in [3.63, 3.8) is 0 Å². The highest BCUT2D eigenvalue weighted by molar-refractivity contribution is 5.68. The van der Waals surface area contributed by atoms with Gasteiger partial charge in [-0.05, 0) is 47.1 Å². The Kier molecular flexibility index (Phi) is 6.56. The van der Waals surface area contributed by atoms with Gasteiger partial charge in [-0.15, -0.1) is 0 Å². The fraction of sp³-hybridized carbons (Fsp3) is 0.917. The number of carbonyl (C=O) groups excluding carboxylic acids is 1. The predicted octanol–water partition coefficient (Wildman–Crippen LogP) is 1.51. The van der Waals surface area contributed by atoms with E-state index in [-0.39, 0.29) is 0 Å². The summed E-state index contributed by atoms with van der Waals surface area (Å²) in [5, 5.41) is 2.51. The van der Waals surface area contributed by atoms with Crippen molar-refractivity contribution in [1.29, 1.82) is 0 Å². The van der Waals surface area contributed by atoms with Crippen LogP contribution >= 0.6 is 0 Å². The molecule has 0 aromatic carbocycles. The van der Waals surface area contributed by atoms with Crippen LogP contribution in [0.15, 0.2) is 0 Å². The molecule has 0 heterocycles. The summed E-state index contributed by atoms with van der Waals surface area (Å²) in [6.45, 7) is 6.70. The summed E-state index contributed by atoms with van der Waals surface area (Å²) >= 11 is 0. The third kappa shape index (κ3) is 6.76. The quantitative estimate of drug-likeness (QED) is 0.634. The lowest BCUT2D eigenvalue weighted by atomic mass is 9.91. The summed E-state index contributed by atoms with van der Waals surface area (Å²) in [4.78, 5) is 11.6. The number of hydrogen-bond acceptors (Lipinski definition) is 4. The zero-order valence-electron chi connectivity index (χ0n) is 11.8. The summed E-state index contributed by atoms with van der Waals surface area (Å²) in [7, 11) is 0. The first-order chi connectivity index (χ1) is 8.12. The Morgan fingerprint density at radius 2 is 1.94 bits per heavy atom. The second-order valence-corrected chi connectivity index (χ2v) is 5.69. The van der Waals surface area contributed by atoms with Gasteiger partial charge < -0.3 is 21.5 Å². The zero-order chi connectivity index (χ0) is 14.4. The van der Waals surface area contributed by atoms with Gasteiger partial charge in [-0.2, -0.15) is 0 Å². The van der Waals surface area contributed by atoms with E-state index < -0.39 is 29.9 Å². The molecular weight excluding hydrogens is 237 g/mol. The van der Waals surface area contributed by atoms with Crippen LogP contribution in [0.5, 0.6) is 0 Å². The number of alkyl halides is 1. The SMILES string of the molecule is CC(C)(C)OC(=O)NC(C)(N)C(CF)CCCN. The normalized spacial score (nSPS) is 16.8. The van der Waals surface area contributed by atoms with Crippen LogP contribution in [0.3, 0.4) is 0 Å². The molecule has 0 aromatic heterocycles. The summed E-state index contributed by atoms with van der Waals surface area (Å²) < 4.78 is 18.0. The molecule has 0 aliphatic carbocycles. The molecule has 0 saturated heterocycles. The first-order valence-electron chi connectivity index (χ1n) is 6.18. The molecule has 0 aromatic rings. The number of amides is 1. The van der Waals surface area contributed by atoms with E-state index in [4.69, 9.17) is 16.2 Å². The number of ether oxygens (including phenoxy) is 1. The van der Waals surface area contributed by atoms with E-state index in [1.54, 1.807) is 27.7 Å². The summed E-state index contributed by atoms with van der Waals surface area (Å²) in [5.41, 5.74) is 9.57. The van der Waals surface area contributed by atoms with E-state index >= 15 is 0 Å². The molecule has 2 unspecified atom stereocenters. The first kappa shape index (κ1) is 17.1. The van der Waals surface area contributed by atoms with E-state index in [2.05, 4.69) is 5.32 Å². The lowest BCUT2D eigenvalue weighted by Gasteiger charge is -2.34. The first-order valence-corrected chi connectivity index (χ1v) is 6.18. The van der Waals surface area contributed by atoms with E-state index in [0.717, 1.165) is 0 Å². The Bertz CT molecular complexity index is 265. The number of rotatable bonds is 6. The van der Waals surface area contributed by atoms with Crippen molar-refractivity contribution in [1.82, 2.24) is 5.32 Å². The number of halogens is 1. The highest BCUT2D eigenvalue weighted by Crippen LogP contribution is 2.19. The standard InChI is InChI=1S/C12H26FN3O2/c1-11(2,3)18-10(17)16-12(4,15)9(8-13)6-5-7-14/h9H,5-8,14-15H2,1-4H3,(H,16,17). The van der Waals surface area contributed by atoms with Crippen LogP contribution in [0.2, 0.25) is 0 Å². The Balaban J connectivity index is 4.46. The summed E-state index contributed by atoms with van der Waals surface area (Å²) in [5.74, 6) is -0.478. The van der Waals surface area contributed by atoms with Crippen molar-refractivity contribution in [2.75, 3.05) is 13.2 Å². The summed E-state index contributed by atoms with van der Waals surface area (Å²) in [6.07, 6.45) is 0.548. The maximum atomic E-state index is 13.0. The second-order valence-electron chi connectivity index (χ2n) is 5.69. The van der Waals surface area contributed by atoms with Gasteiger partial charge in [-0.25, -0.2) is 4.79 Å². The third-order valence-electron chi connectivity index (χ3n) is 2.56. The molecular formula is C12H26FN3O2. The van der Waals surface area contributed by atoms with Crippen molar-refractivity contribution < 1.29 is 13.9 Å². The van der Waals surface area contributed by atoms with E-state index in [9.17, 15) is 9.18 Å². The molecule has 2 atom stereocenters. The minimum atomic E-state index is -1.15. The summed E-state index contributed by atoms with van der Waals surface area (Å²) in [6, 6.07) is 0. The monoisotopic (exact) mass is 263 g/mol. The average molecular weight is 263 g/mol. The molecule has 0 aliphatic rings. The Labute approximate surface area is 108 Å². The fourth-order valence-electron chi connectivity index (χ4n) is 1.53. The van der Waals surface area contributed by atoms with Crippen LogP contribution in [0.1, 0.15) is 40.5 Å². The Hall–Kier alpha value is -0.880. The molecule has 0 saturated carbocycles. The minimum Gasteiger partial charge on any atom is -0.444 e. The average Bonchev–Trinajstić information content (AvgIpc) is 2.14. The van der Waals surface area contributed by atoms with E-state index in [1.165, 1.54) is 0 Å². The van der Waals surface area contributed by atoms with Gasteiger partial charge in [0, 0.05) is 5.92 Å². The van der Waals surface area contributed by atoms with Crippen LogP contribution in [-0.2, 0) is 4.74 Å². The number of alkyl carbamates (subject to hydrolysis) is 1. The van der Waals surface area contributed by atoms with Gasteiger partial charge in [-0.1, -0.05) is 0 Å². The van der Waals surface area contributed by atoms with Crippen LogP contribution in [0, 0.1) is 5.92 Å². The van der Waals surface area contributed by atoms with Crippen LogP contribution in [0.4, 0.5) is 9.18 Å². The van der Waals surface area contributed by atoms with Crippen molar-refractivity contribution in [3.05, 3.63) is 0 Å². The molecule has 0 rings (SSSR count). The fourth-order valence-corrected chi connectivity index (χ4v) is 1.53. The minimum absolute atomic E-state index is 0.471. The van der Waals surface area contributed by atoms with Gasteiger partial charge in [-0.3, -0.25) is 4.39 Å². The number of nitrogens with one attached hydrogen (secondary N) is 1. The Morgan fingerprint density at radius 1 is 1.39 bits per heavy atom. The second kappa shape index (κ2) is 6.89. The molecule has 6 heteroatoms. The van der Waals surface area contributed by atoms with Gasteiger partial charge in [0.1, 0.15) is 5.60 Å². The molecule has 18 heavy (non-hydrogen) atoms. The molecule has 5 nitrogen and oxygen atoms in total. The van der Waals surface area contributed by atoms with Crippen molar-refractivity contribution in [2.45, 2.75) is 51.8 Å². The van der Waals surface area contributed by atoms with Gasteiger partial charge in [0.05, 0.1) is 12.3 Å². The van der Waals surface area contributed by atoms with Gasteiger partial charge in [0.25, 0.3) is 0 Å². The smallest absolute Gasteiger partial charge is 0.409 e. The Morgan fingerprint density at radius 3 is 2.33 bits per heavy atom. The van der Waals surface area contributed by atoms with Gasteiger partial charge in [0.15, 0.2) is 0 Å². The highest BCUT2D eigenvalue weighted by Gasteiger charge is 2.33. The highest BCUT2D eigenvalue weighted by atomic mass is 19.1. The molecule has 0 aliphatic heterocycles. The van der Waals surface area contributed by atoms with Gasteiger partial charge >= 0.3 is 6.09 Å². The maximum absolute atomic E-state index is 13.0. The molecule has 0 bridgehead atoms. The predicted molar refractivity (Wildman–Crippen MR) is 69.7 cm³/mol. The molecule has 0 spiro atoms. The number of carbonyl (C=O) groups is 1. The van der Waals surface area contributed by atoms with Crippen LogP contribution in [-0.4, -0.2) is 30.6 Å². The van der Waals surface area contributed by atoms with Gasteiger partial charge in [0.2, 0.25) is 0 Å². The lowest BCUT2D eigenvalue weighted by Crippen LogP contribution is -2.60. The van der Waals surface area contributed by atoms with E-state index in [1.807, 2.05) is 0 Å². The maximum Gasteiger partial charge on any atom is 0.409 e. The van der Waals surface area contributed by atoms with Crippen LogP contribution in [0.25, 0.3) is 0 Å².